The maximum atomic E-state index is 5.61. The van der Waals surface area contributed by atoms with E-state index in [0.717, 1.165) is 18.6 Å². The molecule has 0 aromatic rings. The van der Waals surface area contributed by atoms with E-state index in [-0.39, 0.29) is 0 Å². The Kier molecular flexibility index (Phi) is 2.17. The summed E-state index contributed by atoms with van der Waals surface area (Å²) in [6.45, 7) is 1.90. The molecule has 0 aromatic carbocycles. The van der Waals surface area contributed by atoms with Crippen LogP contribution in [0, 0.1) is 0 Å². The van der Waals surface area contributed by atoms with Crippen molar-refractivity contribution in [2.75, 3.05) is 0 Å². The Balaban J connectivity index is 2.61. The van der Waals surface area contributed by atoms with Gasteiger partial charge >= 0.3 is 0 Å². The lowest BCUT2D eigenvalue weighted by atomic mass is 10.3. The summed E-state index contributed by atoms with van der Waals surface area (Å²) in [5.41, 5.74) is 0. The molecule has 0 amide bonds. The minimum absolute atomic E-state index is 0.501. The van der Waals surface area contributed by atoms with Crippen LogP contribution >= 0.6 is 11.6 Å². The van der Waals surface area contributed by atoms with Gasteiger partial charge in [0.15, 0.2) is 5.22 Å². The second-order valence-electron chi connectivity index (χ2n) is 2.00. The Labute approximate surface area is 60.0 Å². The van der Waals surface area contributed by atoms with E-state index in [4.69, 9.17) is 16.3 Å². The van der Waals surface area contributed by atoms with E-state index in [1.807, 2.05) is 19.1 Å². The first-order chi connectivity index (χ1) is 4.29. The summed E-state index contributed by atoms with van der Waals surface area (Å²) >= 11 is 5.61. The Hall–Kier alpha value is -0.430. The molecule has 50 valence electrons. The minimum Gasteiger partial charge on any atom is -0.451 e. The molecule has 0 spiro atoms. The smallest absolute Gasteiger partial charge is 0.189 e. The summed E-state index contributed by atoms with van der Waals surface area (Å²) in [5, 5.41) is 0.501. The summed E-state index contributed by atoms with van der Waals surface area (Å²) in [7, 11) is 0. The highest BCUT2D eigenvalue weighted by Gasteiger charge is 1.98. The number of halogens is 1. The second-order valence-corrected chi connectivity index (χ2v) is 2.37. The van der Waals surface area contributed by atoms with E-state index < -0.39 is 0 Å². The van der Waals surface area contributed by atoms with Crippen LogP contribution in [-0.4, -0.2) is 0 Å². The third-order valence-electron chi connectivity index (χ3n) is 1.16. The maximum absolute atomic E-state index is 5.61. The van der Waals surface area contributed by atoms with Gasteiger partial charge in [-0.1, -0.05) is 0 Å². The van der Waals surface area contributed by atoms with Crippen molar-refractivity contribution in [1.82, 2.24) is 0 Å². The molecule has 1 aliphatic rings. The van der Waals surface area contributed by atoms with Gasteiger partial charge in [0.25, 0.3) is 0 Å². The van der Waals surface area contributed by atoms with Crippen molar-refractivity contribution < 1.29 is 4.74 Å². The van der Waals surface area contributed by atoms with Crippen LogP contribution in [-0.2, 0) is 4.74 Å². The van der Waals surface area contributed by atoms with Gasteiger partial charge in [0.05, 0.1) is 5.76 Å². The second kappa shape index (κ2) is 2.92. The van der Waals surface area contributed by atoms with Crippen LogP contribution in [0.1, 0.15) is 19.8 Å². The SMILES string of the molecule is CC1=CCCC=C(Cl)O1. The van der Waals surface area contributed by atoms with Crippen molar-refractivity contribution in [3.05, 3.63) is 23.1 Å². The van der Waals surface area contributed by atoms with E-state index in [1.54, 1.807) is 0 Å². The monoisotopic (exact) mass is 144 g/mol. The molecule has 0 radical (unpaired) electrons. The van der Waals surface area contributed by atoms with Crippen LogP contribution in [0.25, 0.3) is 0 Å². The third-order valence-corrected chi connectivity index (χ3v) is 1.39. The Bertz CT molecular complexity index is 140. The topological polar surface area (TPSA) is 9.23 Å². The quantitative estimate of drug-likeness (QED) is 0.508. The van der Waals surface area contributed by atoms with Gasteiger partial charge in [-0.25, -0.2) is 0 Å². The molecule has 0 aromatic heterocycles. The zero-order valence-corrected chi connectivity index (χ0v) is 6.11. The van der Waals surface area contributed by atoms with Gasteiger partial charge in [-0.05, 0) is 43.5 Å². The summed E-state index contributed by atoms with van der Waals surface area (Å²) < 4.78 is 5.10. The van der Waals surface area contributed by atoms with E-state index >= 15 is 0 Å². The van der Waals surface area contributed by atoms with Crippen LogP contribution in [0.2, 0.25) is 0 Å². The molecule has 0 saturated heterocycles. The van der Waals surface area contributed by atoms with Gasteiger partial charge in [-0.2, -0.15) is 0 Å². The van der Waals surface area contributed by atoms with Gasteiger partial charge in [-0.15, -0.1) is 0 Å². The average molecular weight is 145 g/mol. The number of rotatable bonds is 0. The zero-order valence-electron chi connectivity index (χ0n) is 5.36. The predicted octanol–water partition coefficient (Wildman–Crippen LogP) is 2.78. The lowest BCUT2D eigenvalue weighted by Crippen LogP contribution is -1.79. The number of hydrogen-bond acceptors (Lipinski definition) is 1. The third kappa shape index (κ3) is 2.10. The number of hydrogen-bond donors (Lipinski definition) is 0. The van der Waals surface area contributed by atoms with Gasteiger partial charge in [0, 0.05) is 0 Å². The molecular formula is C7H9ClO. The molecular weight excluding hydrogens is 136 g/mol. The number of ether oxygens (including phenoxy) is 1. The Morgan fingerprint density at radius 1 is 1.44 bits per heavy atom. The zero-order chi connectivity index (χ0) is 6.69. The highest BCUT2D eigenvalue weighted by molar-refractivity contribution is 6.28. The van der Waals surface area contributed by atoms with Gasteiger partial charge < -0.3 is 4.74 Å². The molecule has 2 heteroatoms. The van der Waals surface area contributed by atoms with Crippen molar-refractivity contribution >= 4 is 11.6 Å². The molecule has 1 heterocycles. The summed E-state index contributed by atoms with van der Waals surface area (Å²) in [4.78, 5) is 0. The fourth-order valence-corrected chi connectivity index (χ4v) is 0.951. The van der Waals surface area contributed by atoms with Crippen LogP contribution in [0.3, 0.4) is 0 Å². The van der Waals surface area contributed by atoms with Crippen molar-refractivity contribution in [2.24, 2.45) is 0 Å². The van der Waals surface area contributed by atoms with Crippen LogP contribution in [0.5, 0.6) is 0 Å². The molecule has 9 heavy (non-hydrogen) atoms. The molecule has 0 atom stereocenters. The van der Waals surface area contributed by atoms with Crippen molar-refractivity contribution in [1.29, 1.82) is 0 Å². The summed E-state index contributed by atoms with van der Waals surface area (Å²) in [5.74, 6) is 0.897. The maximum Gasteiger partial charge on any atom is 0.189 e. The lowest BCUT2D eigenvalue weighted by Gasteiger charge is -1.98. The van der Waals surface area contributed by atoms with E-state index in [0.29, 0.717) is 5.22 Å². The van der Waals surface area contributed by atoms with Crippen LogP contribution < -0.4 is 0 Å². The predicted molar refractivity (Wildman–Crippen MR) is 38.0 cm³/mol. The fourth-order valence-electron chi connectivity index (χ4n) is 0.721. The lowest BCUT2D eigenvalue weighted by molar-refractivity contribution is 0.337. The van der Waals surface area contributed by atoms with E-state index in [2.05, 4.69) is 0 Å². The first-order valence-corrected chi connectivity index (χ1v) is 3.37. The van der Waals surface area contributed by atoms with Crippen LogP contribution in [0.4, 0.5) is 0 Å². The Morgan fingerprint density at radius 3 is 2.89 bits per heavy atom. The molecule has 0 fully saturated rings. The molecule has 1 nitrogen and oxygen atoms in total. The van der Waals surface area contributed by atoms with Crippen molar-refractivity contribution in [3.63, 3.8) is 0 Å². The Morgan fingerprint density at radius 2 is 2.11 bits per heavy atom. The average Bonchev–Trinajstić information content (AvgIpc) is 1.93. The van der Waals surface area contributed by atoms with Gasteiger partial charge in [0.2, 0.25) is 0 Å². The molecule has 0 saturated carbocycles. The normalized spacial score (nSPS) is 19.3. The number of allylic oxidation sites excluding steroid dienone is 3. The van der Waals surface area contributed by atoms with Gasteiger partial charge in [0.1, 0.15) is 0 Å². The molecule has 0 bridgehead atoms. The highest BCUT2D eigenvalue weighted by Crippen LogP contribution is 2.16. The minimum atomic E-state index is 0.501. The molecule has 0 aliphatic carbocycles. The largest absolute Gasteiger partial charge is 0.451 e. The highest BCUT2D eigenvalue weighted by atomic mass is 35.5. The van der Waals surface area contributed by atoms with Crippen LogP contribution in [0.15, 0.2) is 23.1 Å². The summed E-state index contributed by atoms with van der Waals surface area (Å²) in [6.07, 6.45) is 5.93. The standard InChI is InChI=1S/C7H9ClO/c1-6-4-2-3-5-7(8)9-6/h4-5H,2-3H2,1H3. The molecule has 1 aliphatic heterocycles. The van der Waals surface area contributed by atoms with Crippen molar-refractivity contribution in [3.8, 4) is 0 Å². The fraction of sp³-hybridized carbons (Fsp3) is 0.429. The molecule has 0 N–H and O–H groups in total. The van der Waals surface area contributed by atoms with Crippen molar-refractivity contribution in [2.45, 2.75) is 19.8 Å². The van der Waals surface area contributed by atoms with E-state index in [1.165, 1.54) is 0 Å². The van der Waals surface area contributed by atoms with Gasteiger partial charge in [-0.3, -0.25) is 0 Å². The van der Waals surface area contributed by atoms with E-state index in [9.17, 15) is 0 Å². The molecule has 1 rings (SSSR count). The molecule has 0 unspecified atom stereocenters. The first kappa shape index (κ1) is 6.69. The summed E-state index contributed by atoms with van der Waals surface area (Å²) in [6, 6.07) is 0. The first-order valence-electron chi connectivity index (χ1n) is 2.99.